The van der Waals surface area contributed by atoms with Crippen molar-refractivity contribution in [1.29, 1.82) is 0 Å². The molecule has 2 aromatic carbocycles. The highest BCUT2D eigenvalue weighted by Gasteiger charge is 2.08. The largest absolute Gasteiger partial charge is 0.493 e. The van der Waals surface area contributed by atoms with E-state index in [2.05, 4.69) is 5.32 Å². The molecule has 0 amide bonds. The van der Waals surface area contributed by atoms with Gasteiger partial charge in [0.1, 0.15) is 6.61 Å². The summed E-state index contributed by atoms with van der Waals surface area (Å²) >= 11 is 5.88. The zero-order chi connectivity index (χ0) is 19.0. The number of methoxy groups -OCH3 is 1. The Kier molecular flexibility index (Phi) is 7.75. The van der Waals surface area contributed by atoms with E-state index < -0.39 is 9.84 Å². The third-order valence-corrected chi connectivity index (χ3v) is 5.85. The van der Waals surface area contributed by atoms with Gasteiger partial charge in [-0.1, -0.05) is 36.7 Å². The predicted octanol–water partition coefficient (Wildman–Crippen LogP) is 3.45. The zero-order valence-corrected chi connectivity index (χ0v) is 16.6. The minimum atomic E-state index is -2.95. The topological polar surface area (TPSA) is 64.6 Å². The molecule has 0 spiro atoms. The van der Waals surface area contributed by atoms with E-state index in [4.69, 9.17) is 21.1 Å². The molecule has 0 atom stereocenters. The second-order valence-electron chi connectivity index (χ2n) is 5.81. The first-order valence-corrected chi connectivity index (χ1v) is 10.6. The van der Waals surface area contributed by atoms with Gasteiger partial charge in [0.15, 0.2) is 21.3 Å². The minimum Gasteiger partial charge on any atom is -0.493 e. The van der Waals surface area contributed by atoms with E-state index in [1.54, 1.807) is 14.0 Å². The van der Waals surface area contributed by atoms with Crippen molar-refractivity contribution in [3.63, 3.8) is 0 Å². The fraction of sp³-hybridized carbons (Fsp3) is 0.368. The lowest BCUT2D eigenvalue weighted by molar-refractivity contribution is 0.284. The summed E-state index contributed by atoms with van der Waals surface area (Å²) in [5.41, 5.74) is 2.01. The van der Waals surface area contributed by atoms with Gasteiger partial charge in [0.25, 0.3) is 0 Å². The molecule has 0 bridgehead atoms. The van der Waals surface area contributed by atoms with Crippen LogP contribution in [-0.2, 0) is 23.0 Å². The van der Waals surface area contributed by atoms with Crippen LogP contribution in [0, 0.1) is 0 Å². The average molecular weight is 398 g/mol. The Balaban J connectivity index is 1.90. The molecule has 0 heterocycles. The van der Waals surface area contributed by atoms with Crippen molar-refractivity contribution < 1.29 is 17.9 Å². The van der Waals surface area contributed by atoms with Crippen LogP contribution in [0.5, 0.6) is 11.5 Å². The molecular formula is C19H24ClNO4S. The predicted molar refractivity (Wildman–Crippen MR) is 105 cm³/mol. The lowest BCUT2D eigenvalue weighted by Gasteiger charge is -2.13. The Labute approximate surface area is 160 Å². The van der Waals surface area contributed by atoms with Crippen molar-refractivity contribution in [3.8, 4) is 11.5 Å². The van der Waals surface area contributed by atoms with Crippen LogP contribution >= 0.6 is 11.6 Å². The van der Waals surface area contributed by atoms with Gasteiger partial charge in [-0.15, -0.1) is 0 Å². The summed E-state index contributed by atoms with van der Waals surface area (Å²) in [6.07, 6.45) is 0. The lowest BCUT2D eigenvalue weighted by atomic mass is 10.2. The maximum Gasteiger partial charge on any atom is 0.161 e. The van der Waals surface area contributed by atoms with E-state index >= 15 is 0 Å². The highest BCUT2D eigenvalue weighted by Crippen LogP contribution is 2.29. The third-order valence-electron chi connectivity index (χ3n) is 3.89. The van der Waals surface area contributed by atoms with Crippen LogP contribution in [0.1, 0.15) is 18.1 Å². The molecular weight excluding hydrogens is 374 g/mol. The molecule has 1 N–H and O–H groups in total. The highest BCUT2D eigenvalue weighted by atomic mass is 35.5. The van der Waals surface area contributed by atoms with Gasteiger partial charge in [-0.05, 0) is 35.4 Å². The van der Waals surface area contributed by atoms with Crippen molar-refractivity contribution >= 4 is 21.4 Å². The van der Waals surface area contributed by atoms with Crippen LogP contribution in [-0.4, -0.2) is 33.6 Å². The molecule has 0 saturated carbocycles. The monoisotopic (exact) mass is 397 g/mol. The summed E-state index contributed by atoms with van der Waals surface area (Å²) in [4.78, 5) is 0. The van der Waals surface area contributed by atoms with E-state index in [0.717, 1.165) is 11.1 Å². The average Bonchev–Trinajstić information content (AvgIpc) is 2.65. The van der Waals surface area contributed by atoms with Crippen LogP contribution in [0.15, 0.2) is 42.5 Å². The summed E-state index contributed by atoms with van der Waals surface area (Å²) in [5, 5.41) is 3.83. The van der Waals surface area contributed by atoms with Crippen LogP contribution in [0.25, 0.3) is 0 Å². The van der Waals surface area contributed by atoms with Gasteiger partial charge in [-0.25, -0.2) is 8.42 Å². The molecule has 0 unspecified atom stereocenters. The number of benzene rings is 2. The maximum atomic E-state index is 11.5. The van der Waals surface area contributed by atoms with Crippen molar-refractivity contribution in [3.05, 3.63) is 58.6 Å². The van der Waals surface area contributed by atoms with Crippen LogP contribution in [0.3, 0.4) is 0 Å². The quantitative estimate of drug-likeness (QED) is 0.622. The number of ether oxygens (including phenoxy) is 2. The van der Waals surface area contributed by atoms with E-state index in [-0.39, 0.29) is 11.5 Å². The van der Waals surface area contributed by atoms with E-state index in [9.17, 15) is 8.42 Å². The third kappa shape index (κ3) is 6.52. The van der Waals surface area contributed by atoms with Crippen LogP contribution < -0.4 is 14.8 Å². The number of halogens is 1. The molecule has 142 valence electrons. The minimum absolute atomic E-state index is 0.142. The summed E-state index contributed by atoms with van der Waals surface area (Å²) in [7, 11) is -1.35. The first-order valence-electron chi connectivity index (χ1n) is 8.39. The molecule has 26 heavy (non-hydrogen) atoms. The zero-order valence-electron chi connectivity index (χ0n) is 15.0. The van der Waals surface area contributed by atoms with E-state index in [1.807, 2.05) is 42.5 Å². The molecule has 0 aliphatic carbocycles. The van der Waals surface area contributed by atoms with Crippen molar-refractivity contribution in [1.82, 2.24) is 5.32 Å². The fourth-order valence-electron chi connectivity index (χ4n) is 2.29. The molecule has 7 heteroatoms. The van der Waals surface area contributed by atoms with Gasteiger partial charge in [0.2, 0.25) is 0 Å². The summed E-state index contributed by atoms with van der Waals surface area (Å²) in [6, 6.07) is 13.2. The molecule has 2 aromatic rings. The molecule has 0 aromatic heterocycles. The molecule has 0 saturated heterocycles. The Morgan fingerprint density at radius 3 is 2.38 bits per heavy atom. The molecule has 0 aliphatic heterocycles. The van der Waals surface area contributed by atoms with Gasteiger partial charge in [-0.2, -0.15) is 0 Å². The van der Waals surface area contributed by atoms with Crippen LogP contribution in [0.4, 0.5) is 0 Å². The lowest BCUT2D eigenvalue weighted by Crippen LogP contribution is -2.23. The normalized spacial score (nSPS) is 11.3. The standard InChI is InChI=1S/C19H24ClNO4S/c1-3-26(22,23)11-10-21-13-16-6-9-18(19(12-16)24-2)25-14-15-4-7-17(20)8-5-15/h4-9,12,21H,3,10-11,13-14H2,1-2H3. The SMILES string of the molecule is CCS(=O)(=O)CCNCc1ccc(OCc2ccc(Cl)cc2)c(OC)c1. The van der Waals surface area contributed by atoms with Crippen molar-refractivity contribution in [2.75, 3.05) is 25.2 Å². The Hall–Kier alpha value is -1.76. The molecule has 0 radical (unpaired) electrons. The molecule has 5 nitrogen and oxygen atoms in total. The van der Waals surface area contributed by atoms with Gasteiger partial charge < -0.3 is 14.8 Å². The number of hydrogen-bond acceptors (Lipinski definition) is 5. The first-order chi connectivity index (χ1) is 12.4. The highest BCUT2D eigenvalue weighted by molar-refractivity contribution is 7.91. The number of nitrogens with one attached hydrogen (secondary N) is 1. The van der Waals surface area contributed by atoms with Crippen molar-refractivity contribution in [2.24, 2.45) is 0 Å². The van der Waals surface area contributed by atoms with Crippen molar-refractivity contribution in [2.45, 2.75) is 20.1 Å². The first kappa shape index (κ1) is 20.6. The van der Waals surface area contributed by atoms with E-state index in [0.29, 0.717) is 36.2 Å². The smallest absolute Gasteiger partial charge is 0.161 e. The number of hydrogen-bond donors (Lipinski definition) is 1. The van der Waals surface area contributed by atoms with Gasteiger partial charge in [0.05, 0.1) is 12.9 Å². The Bertz CT molecular complexity index is 807. The molecule has 0 aliphatic rings. The Morgan fingerprint density at radius 1 is 1.04 bits per heavy atom. The second kappa shape index (κ2) is 9.80. The number of rotatable bonds is 10. The Morgan fingerprint density at radius 2 is 1.73 bits per heavy atom. The summed E-state index contributed by atoms with van der Waals surface area (Å²) in [5.74, 6) is 1.60. The van der Waals surface area contributed by atoms with Gasteiger partial charge in [0, 0.05) is 23.9 Å². The summed E-state index contributed by atoms with van der Waals surface area (Å²) in [6.45, 7) is 3.06. The van der Waals surface area contributed by atoms with Gasteiger partial charge in [-0.3, -0.25) is 0 Å². The fourth-order valence-corrected chi connectivity index (χ4v) is 3.16. The van der Waals surface area contributed by atoms with E-state index in [1.165, 1.54) is 0 Å². The molecule has 2 rings (SSSR count). The summed E-state index contributed by atoms with van der Waals surface area (Å²) < 4.78 is 34.2. The van der Waals surface area contributed by atoms with Crippen LogP contribution in [0.2, 0.25) is 5.02 Å². The number of sulfone groups is 1. The van der Waals surface area contributed by atoms with Gasteiger partial charge >= 0.3 is 0 Å². The second-order valence-corrected chi connectivity index (χ2v) is 8.72. The molecule has 0 fully saturated rings. The maximum absolute atomic E-state index is 11.5.